The summed E-state index contributed by atoms with van der Waals surface area (Å²) in [4.78, 5) is 16.6. The summed E-state index contributed by atoms with van der Waals surface area (Å²) in [7, 11) is 0. The Hall–Kier alpha value is -3.25. The summed E-state index contributed by atoms with van der Waals surface area (Å²) in [6.45, 7) is 2.65. The van der Waals surface area contributed by atoms with Crippen LogP contribution in [0.1, 0.15) is 22.7 Å². The third-order valence-electron chi connectivity index (χ3n) is 4.63. The number of rotatable bonds is 7. The summed E-state index contributed by atoms with van der Waals surface area (Å²) in [5, 5.41) is 8.37. The zero-order valence-corrected chi connectivity index (χ0v) is 17.0. The van der Waals surface area contributed by atoms with Gasteiger partial charge in [0.2, 0.25) is 5.91 Å². The van der Waals surface area contributed by atoms with Crippen molar-refractivity contribution in [2.24, 2.45) is 0 Å². The zero-order chi connectivity index (χ0) is 20.1. The minimum Gasteiger partial charge on any atom is -0.353 e. The molecule has 0 saturated carbocycles. The molecule has 2 heterocycles. The van der Waals surface area contributed by atoms with E-state index in [1.165, 1.54) is 5.56 Å². The number of amides is 1. The summed E-state index contributed by atoms with van der Waals surface area (Å²) >= 11 is 1.58. The van der Waals surface area contributed by atoms with E-state index in [-0.39, 0.29) is 5.91 Å². The Kier molecular flexibility index (Phi) is 5.81. The molecular formula is C23H22N4OS. The number of aryl methyl sites for hydroxylation is 2. The second-order valence-corrected chi connectivity index (χ2v) is 7.83. The Labute approximate surface area is 173 Å². The van der Waals surface area contributed by atoms with Crippen LogP contribution < -0.4 is 5.32 Å². The van der Waals surface area contributed by atoms with Crippen LogP contribution in [0.4, 0.5) is 0 Å². The van der Waals surface area contributed by atoms with Gasteiger partial charge in [0.25, 0.3) is 0 Å². The fourth-order valence-corrected chi connectivity index (χ4v) is 3.98. The number of thiazole rings is 1. The summed E-state index contributed by atoms with van der Waals surface area (Å²) < 4.78 is 3.03. The second-order valence-electron chi connectivity index (χ2n) is 6.77. The van der Waals surface area contributed by atoms with Gasteiger partial charge in [-0.15, -0.1) is 11.3 Å². The predicted molar refractivity (Wildman–Crippen MR) is 118 cm³/mol. The molecule has 0 unspecified atom stereocenters. The van der Waals surface area contributed by atoms with Crippen LogP contribution in [0.25, 0.3) is 22.0 Å². The van der Waals surface area contributed by atoms with Crippen LogP contribution in [0.15, 0.2) is 66.9 Å². The van der Waals surface area contributed by atoms with Crippen molar-refractivity contribution in [2.45, 2.75) is 19.8 Å². The van der Waals surface area contributed by atoms with Crippen molar-refractivity contribution in [1.29, 1.82) is 0 Å². The molecule has 0 spiro atoms. The summed E-state index contributed by atoms with van der Waals surface area (Å²) in [5.41, 5.74) is 4.24. The second kappa shape index (κ2) is 8.84. The van der Waals surface area contributed by atoms with Crippen LogP contribution in [0.3, 0.4) is 0 Å². The molecule has 0 aliphatic carbocycles. The van der Waals surface area contributed by atoms with Gasteiger partial charge in [-0.3, -0.25) is 4.79 Å². The van der Waals surface area contributed by atoms with Crippen molar-refractivity contribution < 1.29 is 4.79 Å². The number of carbonyl (C=O) groups excluding carboxylic acids is 1. The number of carbonyl (C=O) groups is 1. The molecule has 0 bridgehead atoms. The van der Waals surface area contributed by atoms with Gasteiger partial charge in [-0.2, -0.15) is 5.10 Å². The molecule has 0 radical (unpaired) electrons. The molecule has 2 aromatic carbocycles. The number of nitrogens with zero attached hydrogens (tertiary/aromatic N) is 3. The van der Waals surface area contributed by atoms with Crippen molar-refractivity contribution in [3.05, 3.63) is 83.1 Å². The van der Waals surface area contributed by atoms with Crippen LogP contribution >= 0.6 is 11.3 Å². The van der Waals surface area contributed by atoms with Crippen LogP contribution in [-0.2, 0) is 11.2 Å². The number of hydrogen-bond acceptors (Lipinski definition) is 4. The topological polar surface area (TPSA) is 59.8 Å². The summed E-state index contributed by atoms with van der Waals surface area (Å²) in [5.74, 6) is -0.0963. The molecule has 0 fully saturated rings. The van der Waals surface area contributed by atoms with E-state index in [1.807, 2.05) is 66.2 Å². The molecule has 4 rings (SSSR count). The fourth-order valence-electron chi connectivity index (χ4n) is 3.11. The number of aromatic nitrogens is 3. The van der Waals surface area contributed by atoms with Crippen molar-refractivity contribution in [1.82, 2.24) is 20.1 Å². The number of nitrogens with one attached hydrogen (secondary N) is 1. The van der Waals surface area contributed by atoms with E-state index in [0.717, 1.165) is 39.4 Å². The van der Waals surface area contributed by atoms with Crippen molar-refractivity contribution >= 4 is 33.5 Å². The van der Waals surface area contributed by atoms with Crippen LogP contribution in [-0.4, -0.2) is 27.2 Å². The number of benzene rings is 2. The normalized spacial score (nSPS) is 11.3. The number of hydrogen-bond donors (Lipinski definition) is 1. The van der Waals surface area contributed by atoms with Crippen LogP contribution in [0.5, 0.6) is 0 Å². The average Bonchev–Trinajstić information content (AvgIpc) is 3.33. The molecule has 6 heteroatoms. The van der Waals surface area contributed by atoms with Gasteiger partial charge in [-0.25, -0.2) is 9.67 Å². The quantitative estimate of drug-likeness (QED) is 0.364. The molecule has 1 amide bonds. The lowest BCUT2D eigenvalue weighted by Gasteiger charge is -2.02. The fraction of sp³-hybridized carbons (Fsp3) is 0.174. The maximum atomic E-state index is 12.1. The molecule has 2 aromatic heterocycles. The lowest BCUT2D eigenvalue weighted by Crippen LogP contribution is -2.22. The smallest absolute Gasteiger partial charge is 0.244 e. The Bertz CT molecular complexity index is 1110. The third-order valence-corrected chi connectivity index (χ3v) is 5.63. The molecule has 0 saturated heterocycles. The van der Waals surface area contributed by atoms with Crippen LogP contribution in [0.2, 0.25) is 0 Å². The zero-order valence-electron chi connectivity index (χ0n) is 16.2. The van der Waals surface area contributed by atoms with Crippen molar-refractivity contribution in [3.8, 4) is 5.69 Å². The number of fused-ring (bicyclic) bond motifs is 1. The van der Waals surface area contributed by atoms with E-state index < -0.39 is 0 Å². The molecule has 0 aliphatic heterocycles. The van der Waals surface area contributed by atoms with Gasteiger partial charge in [-0.05, 0) is 55.7 Å². The van der Waals surface area contributed by atoms with E-state index >= 15 is 0 Å². The lowest BCUT2D eigenvalue weighted by molar-refractivity contribution is -0.116. The lowest BCUT2D eigenvalue weighted by atomic mass is 10.1. The highest BCUT2D eigenvalue weighted by Crippen LogP contribution is 2.22. The van der Waals surface area contributed by atoms with Gasteiger partial charge in [0.1, 0.15) is 5.01 Å². The summed E-state index contributed by atoms with van der Waals surface area (Å²) in [6.07, 6.45) is 7.13. The molecule has 5 nitrogen and oxygen atoms in total. The maximum Gasteiger partial charge on any atom is 0.244 e. The largest absolute Gasteiger partial charge is 0.353 e. The number of para-hydroxylation sites is 2. The highest BCUT2D eigenvalue weighted by Gasteiger charge is 2.06. The summed E-state index contributed by atoms with van der Waals surface area (Å²) in [6, 6.07) is 18.0. The Balaban J connectivity index is 1.26. The van der Waals surface area contributed by atoms with Gasteiger partial charge in [0, 0.05) is 18.8 Å². The van der Waals surface area contributed by atoms with Crippen molar-refractivity contribution in [3.63, 3.8) is 0 Å². The highest BCUT2D eigenvalue weighted by atomic mass is 32.1. The first kappa shape index (κ1) is 19.1. The minimum absolute atomic E-state index is 0.0963. The van der Waals surface area contributed by atoms with E-state index in [2.05, 4.69) is 21.6 Å². The van der Waals surface area contributed by atoms with Gasteiger partial charge in [0.15, 0.2) is 0 Å². The highest BCUT2D eigenvalue weighted by molar-refractivity contribution is 7.19. The Morgan fingerprint density at radius 1 is 1.14 bits per heavy atom. The molecule has 4 aromatic rings. The maximum absolute atomic E-state index is 12.1. The van der Waals surface area contributed by atoms with E-state index in [1.54, 1.807) is 23.5 Å². The van der Waals surface area contributed by atoms with Gasteiger partial charge < -0.3 is 5.32 Å². The SMILES string of the molecule is Cc1nn(-c2ccccc2)cc1CCCNC(=O)/C=C/c1nc2ccccc2s1. The minimum atomic E-state index is -0.0963. The first-order valence-electron chi connectivity index (χ1n) is 9.61. The third kappa shape index (κ3) is 4.78. The first-order valence-corrected chi connectivity index (χ1v) is 10.4. The van der Waals surface area contributed by atoms with E-state index in [9.17, 15) is 4.79 Å². The van der Waals surface area contributed by atoms with Crippen LogP contribution in [0, 0.1) is 6.92 Å². The van der Waals surface area contributed by atoms with Crippen molar-refractivity contribution in [2.75, 3.05) is 6.54 Å². The monoisotopic (exact) mass is 402 g/mol. The molecule has 29 heavy (non-hydrogen) atoms. The Morgan fingerprint density at radius 2 is 1.93 bits per heavy atom. The Morgan fingerprint density at radius 3 is 2.76 bits per heavy atom. The van der Waals surface area contributed by atoms with Gasteiger partial charge in [0.05, 0.1) is 21.6 Å². The van der Waals surface area contributed by atoms with Gasteiger partial charge in [-0.1, -0.05) is 30.3 Å². The molecule has 0 atom stereocenters. The molecule has 146 valence electrons. The molecular weight excluding hydrogens is 380 g/mol. The average molecular weight is 403 g/mol. The van der Waals surface area contributed by atoms with Gasteiger partial charge >= 0.3 is 0 Å². The molecule has 0 aliphatic rings. The standard InChI is InChI=1S/C23H22N4OS/c1-17-18(16-27(26-17)19-9-3-2-4-10-19)8-7-15-24-22(28)13-14-23-25-20-11-5-6-12-21(20)29-23/h2-6,9-14,16H,7-8,15H2,1H3,(H,24,28)/b14-13+. The molecule has 1 N–H and O–H groups in total. The first-order chi connectivity index (χ1) is 14.2. The van der Waals surface area contributed by atoms with E-state index in [4.69, 9.17) is 0 Å². The predicted octanol–water partition coefficient (Wildman–Crippen LogP) is 4.55. The van der Waals surface area contributed by atoms with E-state index in [0.29, 0.717) is 6.54 Å².